The van der Waals surface area contributed by atoms with Crippen LogP contribution in [0.5, 0.6) is 0 Å². The maximum Gasteiger partial charge on any atom is 0.323 e. The van der Waals surface area contributed by atoms with E-state index in [-0.39, 0.29) is 11.7 Å². The lowest BCUT2D eigenvalue weighted by atomic mass is 9.99. The molecule has 0 saturated carbocycles. The highest BCUT2D eigenvalue weighted by Crippen LogP contribution is 2.32. The van der Waals surface area contributed by atoms with E-state index in [0.29, 0.717) is 5.02 Å². The average Bonchev–Trinajstić information content (AvgIpc) is 2.79. The number of H-pyrrole nitrogens is 2. The Morgan fingerprint density at radius 3 is 2.52 bits per heavy atom. The minimum Gasteiger partial charge on any atom is -0.320 e. The van der Waals surface area contributed by atoms with Gasteiger partial charge in [0.2, 0.25) is 0 Å². The van der Waals surface area contributed by atoms with E-state index in [2.05, 4.69) is 48.5 Å². The quantitative estimate of drug-likeness (QED) is 0.489. The molecule has 1 aromatic heterocycles. The van der Waals surface area contributed by atoms with Gasteiger partial charge in [0.15, 0.2) is 0 Å². The van der Waals surface area contributed by atoms with Crippen LogP contribution in [0.15, 0.2) is 39.6 Å². The van der Waals surface area contributed by atoms with Gasteiger partial charge in [-0.1, -0.05) is 27.5 Å². The Morgan fingerprint density at radius 2 is 1.81 bits per heavy atom. The van der Waals surface area contributed by atoms with E-state index in [1.54, 1.807) is 0 Å². The van der Waals surface area contributed by atoms with E-state index in [1.165, 1.54) is 0 Å². The summed E-state index contributed by atoms with van der Waals surface area (Å²) in [7, 11) is 0. The molecule has 0 aliphatic heterocycles. The van der Waals surface area contributed by atoms with Crippen molar-refractivity contribution >= 4 is 61.2 Å². The number of hydrogen-bond acceptors (Lipinski definition) is 2. The Bertz CT molecular complexity index is 890. The van der Waals surface area contributed by atoms with Crippen LogP contribution in [-0.4, -0.2) is 9.97 Å². The fourth-order valence-electron chi connectivity index (χ4n) is 2.23. The monoisotopic (exact) mass is 477 g/mol. The van der Waals surface area contributed by atoms with Crippen molar-refractivity contribution in [2.24, 2.45) is 5.73 Å². The second kappa shape index (κ2) is 5.75. The molecule has 7 heteroatoms. The van der Waals surface area contributed by atoms with Gasteiger partial charge < -0.3 is 15.7 Å². The second-order valence-electron chi connectivity index (χ2n) is 4.64. The molecule has 108 valence electrons. The summed E-state index contributed by atoms with van der Waals surface area (Å²) in [5.74, 6) is 0. The van der Waals surface area contributed by atoms with Gasteiger partial charge in [-0.2, -0.15) is 0 Å². The Kier molecular flexibility index (Phi) is 4.13. The molecule has 1 heterocycles. The number of aromatic amines is 2. The summed E-state index contributed by atoms with van der Waals surface area (Å²) < 4.78 is 1.88. The first-order valence-electron chi connectivity index (χ1n) is 6.07. The molecule has 4 nitrogen and oxygen atoms in total. The van der Waals surface area contributed by atoms with Gasteiger partial charge in [0.05, 0.1) is 17.1 Å². The minimum atomic E-state index is -0.340. The molecule has 1 unspecified atom stereocenters. The van der Waals surface area contributed by atoms with Gasteiger partial charge in [0.1, 0.15) is 0 Å². The number of nitrogens with one attached hydrogen (secondary N) is 2. The number of imidazole rings is 1. The third-order valence-corrected chi connectivity index (χ3v) is 5.17. The van der Waals surface area contributed by atoms with Gasteiger partial charge in [0, 0.05) is 13.1 Å². The van der Waals surface area contributed by atoms with Crippen molar-refractivity contribution in [2.45, 2.75) is 6.04 Å². The maximum atomic E-state index is 11.4. The van der Waals surface area contributed by atoms with Gasteiger partial charge in [-0.05, 0) is 64.0 Å². The molecular formula is C14H10BrClIN3O. The molecule has 3 rings (SSSR count). The minimum absolute atomic E-state index is 0.236. The summed E-state index contributed by atoms with van der Waals surface area (Å²) in [4.78, 5) is 16.8. The fourth-order valence-corrected chi connectivity index (χ4v) is 3.67. The van der Waals surface area contributed by atoms with E-state index in [4.69, 9.17) is 17.3 Å². The Morgan fingerprint density at radius 1 is 1.14 bits per heavy atom. The highest BCUT2D eigenvalue weighted by molar-refractivity contribution is 14.1. The number of rotatable bonds is 2. The van der Waals surface area contributed by atoms with Gasteiger partial charge in [-0.25, -0.2) is 4.79 Å². The van der Waals surface area contributed by atoms with Crippen molar-refractivity contribution in [2.75, 3.05) is 0 Å². The lowest BCUT2D eigenvalue weighted by molar-refractivity contribution is 0.861. The molecular weight excluding hydrogens is 468 g/mol. The first kappa shape index (κ1) is 15.1. The van der Waals surface area contributed by atoms with Crippen LogP contribution in [0.3, 0.4) is 0 Å². The van der Waals surface area contributed by atoms with Crippen LogP contribution < -0.4 is 11.4 Å². The Labute approximate surface area is 147 Å². The third-order valence-electron chi connectivity index (χ3n) is 3.26. The summed E-state index contributed by atoms with van der Waals surface area (Å²) in [5, 5.41) is 0.646. The molecule has 4 N–H and O–H groups in total. The summed E-state index contributed by atoms with van der Waals surface area (Å²) in [6.45, 7) is 0. The number of hydrogen-bond donors (Lipinski definition) is 3. The van der Waals surface area contributed by atoms with E-state index >= 15 is 0 Å². The first-order chi connectivity index (χ1) is 9.95. The van der Waals surface area contributed by atoms with Crippen molar-refractivity contribution in [3.63, 3.8) is 0 Å². The van der Waals surface area contributed by atoms with Crippen LogP contribution in [0.25, 0.3) is 11.0 Å². The zero-order valence-electron chi connectivity index (χ0n) is 10.6. The predicted molar refractivity (Wildman–Crippen MR) is 96.8 cm³/mol. The molecule has 0 aliphatic carbocycles. The maximum absolute atomic E-state index is 11.4. The molecule has 2 aromatic carbocycles. The summed E-state index contributed by atoms with van der Waals surface area (Å²) in [5.41, 5.74) is 9.45. The smallest absolute Gasteiger partial charge is 0.320 e. The van der Waals surface area contributed by atoms with Crippen LogP contribution in [0.1, 0.15) is 17.2 Å². The van der Waals surface area contributed by atoms with E-state index in [9.17, 15) is 4.79 Å². The predicted octanol–water partition coefficient (Wildman–Crippen LogP) is 3.92. The number of nitrogens with two attached hydrogens (primary N) is 1. The molecule has 0 fully saturated rings. The molecule has 21 heavy (non-hydrogen) atoms. The van der Waals surface area contributed by atoms with Crippen LogP contribution >= 0.6 is 50.1 Å². The topological polar surface area (TPSA) is 74.7 Å². The summed E-state index contributed by atoms with van der Waals surface area (Å²) in [6, 6.07) is 9.01. The van der Waals surface area contributed by atoms with Crippen molar-refractivity contribution < 1.29 is 0 Å². The van der Waals surface area contributed by atoms with Crippen molar-refractivity contribution in [3.05, 3.63) is 65.0 Å². The van der Waals surface area contributed by atoms with E-state index in [0.717, 1.165) is 30.2 Å². The summed E-state index contributed by atoms with van der Waals surface area (Å²) >= 11 is 11.8. The molecule has 0 radical (unpaired) electrons. The van der Waals surface area contributed by atoms with Gasteiger partial charge >= 0.3 is 5.69 Å². The fraction of sp³-hybridized carbons (Fsp3) is 0.0714. The molecule has 0 bridgehead atoms. The molecule has 0 spiro atoms. The Hall–Kier alpha value is -0.830. The number of benzene rings is 2. The van der Waals surface area contributed by atoms with Gasteiger partial charge in [-0.15, -0.1) is 0 Å². The second-order valence-corrected chi connectivity index (χ2v) is 7.09. The lowest BCUT2D eigenvalue weighted by Crippen LogP contribution is -2.14. The molecule has 0 amide bonds. The SMILES string of the molecule is NC(c1cc2[nH]c(=O)[nH]c2cc1Br)c1cc(Cl)ccc1I. The summed E-state index contributed by atoms with van der Waals surface area (Å²) in [6.07, 6.45) is 0. The number of fused-ring (bicyclic) bond motifs is 1. The third kappa shape index (κ3) is 2.90. The van der Waals surface area contributed by atoms with Gasteiger partial charge in [0.25, 0.3) is 0 Å². The van der Waals surface area contributed by atoms with Crippen molar-refractivity contribution in [3.8, 4) is 0 Å². The van der Waals surface area contributed by atoms with Crippen LogP contribution in [-0.2, 0) is 0 Å². The number of aromatic nitrogens is 2. The normalized spacial score (nSPS) is 12.8. The van der Waals surface area contributed by atoms with Crippen LogP contribution in [0, 0.1) is 3.57 Å². The molecule has 0 saturated heterocycles. The Balaban J connectivity index is 2.16. The van der Waals surface area contributed by atoms with Gasteiger partial charge in [-0.3, -0.25) is 0 Å². The van der Waals surface area contributed by atoms with Crippen LogP contribution in [0.4, 0.5) is 0 Å². The van der Waals surface area contributed by atoms with Crippen molar-refractivity contribution in [1.82, 2.24) is 9.97 Å². The first-order valence-corrected chi connectivity index (χ1v) is 8.32. The largest absolute Gasteiger partial charge is 0.323 e. The van der Waals surface area contributed by atoms with Crippen molar-refractivity contribution in [1.29, 1.82) is 0 Å². The lowest BCUT2D eigenvalue weighted by Gasteiger charge is -2.16. The highest BCUT2D eigenvalue weighted by atomic mass is 127. The zero-order valence-corrected chi connectivity index (χ0v) is 15.1. The standard InChI is InChI=1S/C14H10BrClIN3O/c15-9-5-12-11(19-14(21)20-12)4-7(9)13(18)8-3-6(16)1-2-10(8)17/h1-5,13H,18H2,(H2,19,20,21). The highest BCUT2D eigenvalue weighted by Gasteiger charge is 2.17. The average molecular weight is 479 g/mol. The molecule has 3 aromatic rings. The zero-order chi connectivity index (χ0) is 15.1. The van der Waals surface area contributed by atoms with E-state index in [1.807, 2.05) is 30.3 Å². The number of halogens is 3. The van der Waals surface area contributed by atoms with Crippen LogP contribution in [0.2, 0.25) is 5.02 Å². The van der Waals surface area contributed by atoms with E-state index < -0.39 is 0 Å². The molecule has 1 atom stereocenters. The molecule has 0 aliphatic rings.